The van der Waals surface area contributed by atoms with Crippen molar-refractivity contribution in [3.63, 3.8) is 0 Å². The Kier molecular flexibility index (Phi) is 7.76. The molecule has 2 unspecified atom stereocenters. The van der Waals surface area contributed by atoms with Gasteiger partial charge in [0.15, 0.2) is 0 Å². The summed E-state index contributed by atoms with van der Waals surface area (Å²) in [6.45, 7) is 10.8. The van der Waals surface area contributed by atoms with E-state index in [2.05, 4.69) is 63.2 Å². The topological polar surface area (TPSA) is 24.5 Å². The molecule has 1 N–H and O–H groups in total. The van der Waals surface area contributed by atoms with Gasteiger partial charge in [-0.15, -0.1) is 0 Å². The molecule has 0 fully saturated rings. The predicted octanol–water partition coefficient (Wildman–Crippen LogP) is 3.99. The first-order chi connectivity index (χ1) is 10.0. The Labute approximate surface area is 130 Å². The molecule has 21 heavy (non-hydrogen) atoms. The number of hydrogen-bond acceptors (Lipinski definition) is 3. The van der Waals surface area contributed by atoms with Crippen LogP contribution in [0.15, 0.2) is 18.2 Å². The molecule has 0 aliphatic heterocycles. The molecule has 0 aliphatic carbocycles. The van der Waals surface area contributed by atoms with Crippen molar-refractivity contribution in [2.24, 2.45) is 0 Å². The van der Waals surface area contributed by atoms with E-state index in [1.807, 2.05) is 0 Å². The quantitative estimate of drug-likeness (QED) is 0.745. The minimum absolute atomic E-state index is 0.373. The number of hydrogen-bond donors (Lipinski definition) is 1. The SMILES string of the molecule is CCCC(C)N(C)Cc1cc(C(C)NCC)ccc1OC. The lowest BCUT2D eigenvalue weighted by atomic mass is 10.0. The van der Waals surface area contributed by atoms with Crippen LogP contribution in [0.2, 0.25) is 0 Å². The molecule has 1 aromatic rings. The van der Waals surface area contributed by atoms with Crippen LogP contribution in [0.3, 0.4) is 0 Å². The van der Waals surface area contributed by atoms with Gasteiger partial charge < -0.3 is 10.1 Å². The molecule has 120 valence electrons. The molecule has 1 aromatic carbocycles. The van der Waals surface area contributed by atoms with Gasteiger partial charge in [0.2, 0.25) is 0 Å². The standard InChI is InChI=1S/C18H32N2O/c1-7-9-14(3)20(5)13-17-12-16(15(4)19-8-2)10-11-18(17)21-6/h10-12,14-15,19H,7-9,13H2,1-6H3. The zero-order valence-electron chi connectivity index (χ0n) is 14.6. The Morgan fingerprint density at radius 1 is 1.24 bits per heavy atom. The molecule has 2 atom stereocenters. The molecule has 3 heteroatoms. The first kappa shape index (κ1) is 18.0. The van der Waals surface area contributed by atoms with E-state index in [0.717, 1.165) is 18.8 Å². The van der Waals surface area contributed by atoms with E-state index in [-0.39, 0.29) is 0 Å². The van der Waals surface area contributed by atoms with E-state index in [0.29, 0.717) is 12.1 Å². The zero-order valence-corrected chi connectivity index (χ0v) is 14.6. The normalized spacial score (nSPS) is 14.2. The first-order valence-corrected chi connectivity index (χ1v) is 8.13. The van der Waals surface area contributed by atoms with Gasteiger partial charge in [-0.1, -0.05) is 26.3 Å². The third-order valence-electron chi connectivity index (χ3n) is 4.19. The van der Waals surface area contributed by atoms with Crippen molar-refractivity contribution in [2.45, 2.75) is 59.2 Å². The van der Waals surface area contributed by atoms with Gasteiger partial charge in [-0.3, -0.25) is 4.90 Å². The second kappa shape index (κ2) is 9.06. The summed E-state index contributed by atoms with van der Waals surface area (Å²) in [5.41, 5.74) is 2.59. The van der Waals surface area contributed by atoms with E-state index in [1.54, 1.807) is 7.11 Å². The van der Waals surface area contributed by atoms with Gasteiger partial charge in [-0.05, 0) is 51.6 Å². The van der Waals surface area contributed by atoms with Crippen molar-refractivity contribution < 1.29 is 4.74 Å². The van der Waals surface area contributed by atoms with Gasteiger partial charge in [-0.2, -0.15) is 0 Å². The van der Waals surface area contributed by atoms with E-state index in [4.69, 9.17) is 4.74 Å². The van der Waals surface area contributed by atoms with Crippen LogP contribution in [0, 0.1) is 0 Å². The Balaban J connectivity index is 2.89. The number of nitrogens with zero attached hydrogens (tertiary/aromatic N) is 1. The molecule has 0 radical (unpaired) electrons. The lowest BCUT2D eigenvalue weighted by Gasteiger charge is -2.26. The van der Waals surface area contributed by atoms with Crippen molar-refractivity contribution in [2.75, 3.05) is 20.7 Å². The van der Waals surface area contributed by atoms with Gasteiger partial charge in [0.1, 0.15) is 5.75 Å². The lowest BCUT2D eigenvalue weighted by Crippen LogP contribution is -2.28. The van der Waals surface area contributed by atoms with Gasteiger partial charge >= 0.3 is 0 Å². The van der Waals surface area contributed by atoms with Crippen molar-refractivity contribution in [3.8, 4) is 5.75 Å². The molecule has 0 saturated carbocycles. The van der Waals surface area contributed by atoms with Crippen LogP contribution in [-0.2, 0) is 6.54 Å². The number of rotatable bonds is 9. The average molecular weight is 292 g/mol. The predicted molar refractivity (Wildman–Crippen MR) is 90.9 cm³/mol. The van der Waals surface area contributed by atoms with Gasteiger partial charge in [0.05, 0.1) is 7.11 Å². The Bertz CT molecular complexity index is 420. The highest BCUT2D eigenvalue weighted by Gasteiger charge is 2.13. The Morgan fingerprint density at radius 3 is 2.52 bits per heavy atom. The van der Waals surface area contributed by atoms with Crippen LogP contribution >= 0.6 is 0 Å². The summed E-state index contributed by atoms with van der Waals surface area (Å²) in [6, 6.07) is 7.50. The van der Waals surface area contributed by atoms with Crippen molar-refractivity contribution >= 4 is 0 Å². The molecular weight excluding hydrogens is 260 g/mol. The van der Waals surface area contributed by atoms with Crippen LogP contribution in [0.25, 0.3) is 0 Å². The third kappa shape index (κ3) is 5.33. The maximum atomic E-state index is 5.53. The summed E-state index contributed by atoms with van der Waals surface area (Å²) in [4.78, 5) is 2.41. The molecule has 0 bridgehead atoms. The van der Waals surface area contributed by atoms with Crippen LogP contribution in [0.5, 0.6) is 5.75 Å². The maximum Gasteiger partial charge on any atom is 0.123 e. The highest BCUT2D eigenvalue weighted by molar-refractivity contribution is 5.38. The van der Waals surface area contributed by atoms with Gasteiger partial charge in [0, 0.05) is 24.2 Å². The van der Waals surface area contributed by atoms with Crippen LogP contribution in [-0.4, -0.2) is 31.6 Å². The molecule has 0 saturated heterocycles. The summed E-state index contributed by atoms with van der Waals surface area (Å²) in [5, 5.41) is 3.47. The van der Waals surface area contributed by atoms with E-state index >= 15 is 0 Å². The van der Waals surface area contributed by atoms with E-state index in [9.17, 15) is 0 Å². The van der Waals surface area contributed by atoms with Gasteiger partial charge in [-0.25, -0.2) is 0 Å². The first-order valence-electron chi connectivity index (χ1n) is 8.13. The van der Waals surface area contributed by atoms with Crippen LogP contribution < -0.4 is 10.1 Å². The number of nitrogens with one attached hydrogen (secondary N) is 1. The van der Waals surface area contributed by atoms with E-state index < -0.39 is 0 Å². The fourth-order valence-electron chi connectivity index (χ4n) is 2.68. The monoisotopic (exact) mass is 292 g/mol. The summed E-state index contributed by atoms with van der Waals surface area (Å²) in [6.07, 6.45) is 2.45. The molecular formula is C18H32N2O. The summed E-state index contributed by atoms with van der Waals surface area (Å²) in [5.74, 6) is 0.984. The maximum absolute atomic E-state index is 5.53. The second-order valence-electron chi connectivity index (χ2n) is 5.90. The molecule has 0 spiro atoms. The van der Waals surface area contributed by atoms with Crippen molar-refractivity contribution in [1.29, 1.82) is 0 Å². The third-order valence-corrected chi connectivity index (χ3v) is 4.19. The largest absolute Gasteiger partial charge is 0.496 e. The van der Waals surface area contributed by atoms with Crippen LogP contribution in [0.1, 0.15) is 57.7 Å². The second-order valence-corrected chi connectivity index (χ2v) is 5.90. The van der Waals surface area contributed by atoms with E-state index in [1.165, 1.54) is 24.0 Å². The summed E-state index contributed by atoms with van der Waals surface area (Å²) in [7, 11) is 3.95. The average Bonchev–Trinajstić information content (AvgIpc) is 2.47. The number of ether oxygens (including phenoxy) is 1. The fraction of sp³-hybridized carbons (Fsp3) is 0.667. The number of methoxy groups -OCH3 is 1. The molecule has 0 amide bonds. The summed E-state index contributed by atoms with van der Waals surface area (Å²) < 4.78 is 5.53. The van der Waals surface area contributed by atoms with Gasteiger partial charge in [0.25, 0.3) is 0 Å². The fourth-order valence-corrected chi connectivity index (χ4v) is 2.68. The lowest BCUT2D eigenvalue weighted by molar-refractivity contribution is 0.233. The minimum atomic E-state index is 0.373. The number of benzene rings is 1. The highest BCUT2D eigenvalue weighted by Crippen LogP contribution is 2.25. The van der Waals surface area contributed by atoms with Crippen molar-refractivity contribution in [1.82, 2.24) is 10.2 Å². The zero-order chi connectivity index (χ0) is 15.8. The Morgan fingerprint density at radius 2 is 1.95 bits per heavy atom. The van der Waals surface area contributed by atoms with Crippen LogP contribution in [0.4, 0.5) is 0 Å². The molecule has 1 rings (SSSR count). The summed E-state index contributed by atoms with van der Waals surface area (Å²) >= 11 is 0. The highest BCUT2D eigenvalue weighted by atomic mass is 16.5. The molecule has 0 aliphatic rings. The molecule has 0 heterocycles. The molecule has 3 nitrogen and oxygen atoms in total. The minimum Gasteiger partial charge on any atom is -0.496 e. The van der Waals surface area contributed by atoms with Crippen molar-refractivity contribution in [3.05, 3.63) is 29.3 Å². The molecule has 0 aromatic heterocycles. The smallest absolute Gasteiger partial charge is 0.123 e. The Hall–Kier alpha value is -1.06.